The number of hydrogen-bond acceptors (Lipinski definition) is 3. The SMILES string of the molecule is C[Si]1(C)c2ccccc2-c2c(N(c3ccc(-c4ccccc4)cc3)c3cccc4c3sc3ccc5sc6c7ccccc7ccc6c5c34)cccc21. The van der Waals surface area contributed by atoms with Gasteiger partial charge < -0.3 is 4.90 Å². The summed E-state index contributed by atoms with van der Waals surface area (Å²) in [7, 11) is -1.89. The van der Waals surface area contributed by atoms with Crippen molar-refractivity contribution in [3.05, 3.63) is 164 Å². The van der Waals surface area contributed by atoms with Crippen LogP contribution in [0.1, 0.15) is 0 Å². The van der Waals surface area contributed by atoms with Crippen LogP contribution in [0.15, 0.2) is 164 Å². The van der Waals surface area contributed by atoms with E-state index >= 15 is 0 Å². The molecule has 0 unspecified atom stereocenters. The summed E-state index contributed by atoms with van der Waals surface area (Å²) in [5.41, 5.74) is 8.87. The maximum Gasteiger partial charge on any atom is 0.113 e. The van der Waals surface area contributed by atoms with E-state index in [-0.39, 0.29) is 0 Å². The largest absolute Gasteiger partial charge is 0.308 e. The first-order chi connectivity index (χ1) is 25.6. The molecule has 0 saturated heterocycles. The average Bonchev–Trinajstić information content (AvgIpc) is 3.84. The molecule has 1 aliphatic rings. The van der Waals surface area contributed by atoms with Crippen molar-refractivity contribution in [2.45, 2.75) is 13.1 Å². The zero-order valence-corrected chi connectivity index (χ0v) is 31.5. The fourth-order valence-corrected chi connectivity index (χ4v) is 14.4. The van der Waals surface area contributed by atoms with Crippen LogP contribution < -0.4 is 15.3 Å². The first-order valence-electron chi connectivity index (χ1n) is 17.9. The van der Waals surface area contributed by atoms with E-state index in [1.54, 1.807) is 0 Å². The Bertz CT molecular complexity index is 3040. The second-order valence-electron chi connectivity index (χ2n) is 14.5. The minimum absolute atomic E-state index is 1.17. The second kappa shape index (κ2) is 11.2. The van der Waals surface area contributed by atoms with Crippen molar-refractivity contribution in [3.63, 3.8) is 0 Å². The zero-order chi connectivity index (χ0) is 34.6. The zero-order valence-electron chi connectivity index (χ0n) is 28.9. The molecule has 3 heterocycles. The molecule has 246 valence electrons. The summed E-state index contributed by atoms with van der Waals surface area (Å²) in [5, 5.41) is 11.1. The Labute approximate surface area is 311 Å². The van der Waals surface area contributed by atoms with Gasteiger partial charge >= 0.3 is 0 Å². The van der Waals surface area contributed by atoms with E-state index in [4.69, 9.17) is 0 Å². The van der Waals surface area contributed by atoms with Crippen molar-refractivity contribution >= 4 is 109 Å². The summed E-state index contributed by atoms with van der Waals surface area (Å²) in [6.07, 6.45) is 0. The normalized spacial score (nSPS) is 13.3. The summed E-state index contributed by atoms with van der Waals surface area (Å²) in [5.74, 6) is 0. The molecular weight excluding hydrogens is 683 g/mol. The van der Waals surface area contributed by atoms with Gasteiger partial charge in [0.15, 0.2) is 0 Å². The Kier molecular flexibility index (Phi) is 6.51. The molecule has 2 aromatic heterocycles. The first-order valence-corrected chi connectivity index (χ1v) is 22.6. The van der Waals surface area contributed by atoms with E-state index in [1.165, 1.54) is 101 Å². The molecule has 0 saturated carbocycles. The summed E-state index contributed by atoms with van der Waals surface area (Å²) in [6.45, 7) is 5.01. The van der Waals surface area contributed by atoms with Crippen LogP contribution in [0, 0.1) is 0 Å². The van der Waals surface area contributed by atoms with E-state index in [1.807, 2.05) is 22.7 Å². The lowest BCUT2D eigenvalue weighted by atomic mass is 10.00. The minimum Gasteiger partial charge on any atom is -0.308 e. The Morgan fingerprint density at radius 2 is 1.06 bits per heavy atom. The highest BCUT2D eigenvalue weighted by atomic mass is 32.1. The van der Waals surface area contributed by atoms with Crippen molar-refractivity contribution in [2.24, 2.45) is 0 Å². The predicted octanol–water partition coefficient (Wildman–Crippen LogP) is 13.5. The van der Waals surface area contributed by atoms with E-state index < -0.39 is 8.07 Å². The van der Waals surface area contributed by atoms with Gasteiger partial charge in [-0.3, -0.25) is 0 Å². The van der Waals surface area contributed by atoms with Crippen LogP contribution in [0.3, 0.4) is 0 Å². The molecule has 1 aliphatic heterocycles. The van der Waals surface area contributed by atoms with Crippen LogP contribution in [0.5, 0.6) is 0 Å². The van der Waals surface area contributed by atoms with Gasteiger partial charge in [0.25, 0.3) is 0 Å². The minimum atomic E-state index is -1.89. The third-order valence-electron chi connectivity index (χ3n) is 11.3. The fraction of sp³-hybridized carbons (Fsp3) is 0.0417. The third kappa shape index (κ3) is 4.26. The standard InChI is InChI=1S/C48H33NS2Si/c1-52(2)42-20-9-8-16-35(42)44-38(18-11-21-43(44)52)49(33-25-22-31(23-26-33)30-12-4-3-5-13-30)39-19-10-17-36-45-41(51-48(36)39)29-28-40-46(45)37-27-24-32-14-6-7-15-34(32)47(37)50-40/h3-29H,1-2H3. The Balaban J connectivity index is 1.20. The van der Waals surface area contributed by atoms with Gasteiger partial charge in [0.2, 0.25) is 0 Å². The number of benzene rings is 8. The molecule has 0 fully saturated rings. The molecule has 4 heteroatoms. The van der Waals surface area contributed by atoms with Gasteiger partial charge in [-0.25, -0.2) is 0 Å². The first kappa shape index (κ1) is 30.1. The lowest BCUT2D eigenvalue weighted by Gasteiger charge is -2.29. The van der Waals surface area contributed by atoms with Crippen molar-refractivity contribution in [1.29, 1.82) is 0 Å². The monoisotopic (exact) mass is 715 g/mol. The van der Waals surface area contributed by atoms with Crippen molar-refractivity contribution in [3.8, 4) is 22.3 Å². The fourth-order valence-electron chi connectivity index (χ4n) is 8.81. The summed E-state index contributed by atoms with van der Waals surface area (Å²) in [4.78, 5) is 2.55. The Hall–Kier alpha value is -5.52. The average molecular weight is 716 g/mol. The quantitative estimate of drug-likeness (QED) is 0.164. The molecule has 10 aromatic rings. The van der Waals surface area contributed by atoms with Crippen LogP contribution in [0.4, 0.5) is 17.1 Å². The van der Waals surface area contributed by atoms with Gasteiger partial charge in [0.05, 0.1) is 16.1 Å². The van der Waals surface area contributed by atoms with Gasteiger partial charge in [0.1, 0.15) is 8.07 Å². The van der Waals surface area contributed by atoms with Gasteiger partial charge in [-0.15, -0.1) is 22.7 Å². The molecule has 0 N–H and O–H groups in total. The lowest BCUT2D eigenvalue weighted by Crippen LogP contribution is -2.49. The molecule has 0 bridgehead atoms. The number of thiophene rings is 2. The third-order valence-corrected chi connectivity index (χ3v) is 17.2. The summed E-state index contributed by atoms with van der Waals surface area (Å²) >= 11 is 3.85. The Morgan fingerprint density at radius 3 is 1.88 bits per heavy atom. The van der Waals surface area contributed by atoms with Crippen molar-refractivity contribution in [1.82, 2.24) is 0 Å². The van der Waals surface area contributed by atoms with Gasteiger partial charge in [0, 0.05) is 46.9 Å². The number of nitrogens with zero attached hydrogens (tertiary/aromatic N) is 1. The van der Waals surface area contributed by atoms with E-state index in [2.05, 4.69) is 182 Å². The van der Waals surface area contributed by atoms with Gasteiger partial charge in [-0.1, -0.05) is 140 Å². The molecule has 1 nitrogen and oxygen atoms in total. The van der Waals surface area contributed by atoms with E-state index in [9.17, 15) is 0 Å². The van der Waals surface area contributed by atoms with Crippen LogP contribution >= 0.6 is 22.7 Å². The molecule has 0 radical (unpaired) electrons. The smallest absolute Gasteiger partial charge is 0.113 e. The maximum atomic E-state index is 2.55. The highest BCUT2D eigenvalue weighted by molar-refractivity contribution is 7.28. The van der Waals surface area contributed by atoms with Crippen LogP contribution in [-0.4, -0.2) is 8.07 Å². The summed E-state index contributed by atoms with van der Waals surface area (Å²) < 4.78 is 5.38. The predicted molar refractivity (Wildman–Crippen MR) is 232 cm³/mol. The number of hydrogen-bond donors (Lipinski definition) is 0. The van der Waals surface area contributed by atoms with Crippen molar-refractivity contribution in [2.75, 3.05) is 4.90 Å². The van der Waals surface area contributed by atoms with Crippen LogP contribution in [0.2, 0.25) is 13.1 Å². The molecule has 52 heavy (non-hydrogen) atoms. The maximum absolute atomic E-state index is 2.55. The molecule has 11 rings (SSSR count). The number of rotatable bonds is 4. The molecule has 8 aromatic carbocycles. The highest BCUT2D eigenvalue weighted by Crippen LogP contribution is 2.51. The molecule has 0 aliphatic carbocycles. The van der Waals surface area contributed by atoms with E-state index in [0.717, 1.165) is 0 Å². The Morgan fingerprint density at radius 1 is 0.442 bits per heavy atom. The van der Waals surface area contributed by atoms with Crippen molar-refractivity contribution < 1.29 is 0 Å². The van der Waals surface area contributed by atoms with Crippen LogP contribution in [-0.2, 0) is 0 Å². The molecule has 0 atom stereocenters. The molecule has 0 spiro atoms. The number of fused-ring (bicyclic) bond motifs is 12. The highest BCUT2D eigenvalue weighted by Gasteiger charge is 2.39. The number of anilines is 3. The second-order valence-corrected chi connectivity index (χ2v) is 20.9. The molecule has 0 amide bonds. The lowest BCUT2D eigenvalue weighted by molar-refractivity contribution is 1.31. The molecular formula is C48H33NS2Si. The van der Waals surface area contributed by atoms with E-state index in [0.29, 0.717) is 0 Å². The topological polar surface area (TPSA) is 3.24 Å². The van der Waals surface area contributed by atoms with Gasteiger partial charge in [-0.05, 0) is 74.2 Å². The summed E-state index contributed by atoms with van der Waals surface area (Å²) in [6, 6.07) is 61.1. The van der Waals surface area contributed by atoms with Gasteiger partial charge in [-0.2, -0.15) is 0 Å². The van der Waals surface area contributed by atoms with Crippen LogP contribution in [0.25, 0.3) is 73.4 Å².